The molecule has 0 unspecified atom stereocenters. The van der Waals surface area contributed by atoms with Gasteiger partial charge in [0.1, 0.15) is 10.8 Å². The number of amides is 2. The molecular formula is C21H28N4O3S. The van der Waals surface area contributed by atoms with Crippen molar-refractivity contribution in [2.24, 2.45) is 11.7 Å². The number of carbonyl (C=O) groups excluding carboxylic acids is 2. The Morgan fingerprint density at radius 3 is 2.72 bits per heavy atom. The summed E-state index contributed by atoms with van der Waals surface area (Å²) >= 11 is 1.52. The zero-order chi connectivity index (χ0) is 20.4. The molecule has 3 heterocycles. The maximum Gasteiger partial charge on any atom is 0.251 e. The first-order chi connectivity index (χ1) is 14.0. The van der Waals surface area contributed by atoms with Crippen molar-refractivity contribution in [1.82, 2.24) is 9.80 Å². The van der Waals surface area contributed by atoms with Crippen molar-refractivity contribution >= 4 is 28.2 Å². The molecule has 0 spiro atoms. The molecule has 29 heavy (non-hydrogen) atoms. The van der Waals surface area contributed by atoms with Crippen LogP contribution in [0.15, 0.2) is 22.8 Å². The summed E-state index contributed by atoms with van der Waals surface area (Å²) in [4.78, 5) is 30.3. The standard InChI is InChI=1S/C21H28N4O3S/c1-14-4-5-16-17(11-14)29-21(19(16)20(22)27)23-18(26)13-25-8-6-24(7-9-25)12-15-3-2-10-28-15/h2-3,10,14H,4-9,11-13H2,1H3,(H2,22,27)(H,23,26)/t14-/m1/s1. The summed E-state index contributed by atoms with van der Waals surface area (Å²) in [5.74, 6) is 1.03. The summed E-state index contributed by atoms with van der Waals surface area (Å²) in [6.45, 7) is 6.79. The molecule has 1 aliphatic carbocycles. The summed E-state index contributed by atoms with van der Waals surface area (Å²) < 4.78 is 5.41. The van der Waals surface area contributed by atoms with Gasteiger partial charge in [-0.15, -0.1) is 11.3 Å². The smallest absolute Gasteiger partial charge is 0.251 e. The third kappa shape index (κ3) is 4.71. The largest absolute Gasteiger partial charge is 0.468 e. The van der Waals surface area contributed by atoms with Crippen molar-refractivity contribution in [3.63, 3.8) is 0 Å². The van der Waals surface area contributed by atoms with Crippen LogP contribution in [-0.2, 0) is 24.2 Å². The van der Waals surface area contributed by atoms with E-state index in [1.54, 1.807) is 6.26 Å². The highest BCUT2D eigenvalue weighted by Gasteiger charge is 2.28. The molecule has 4 rings (SSSR count). The van der Waals surface area contributed by atoms with Gasteiger partial charge in [-0.3, -0.25) is 19.4 Å². The highest BCUT2D eigenvalue weighted by atomic mass is 32.1. The Bertz CT molecular complexity index is 869. The first-order valence-electron chi connectivity index (χ1n) is 10.2. The molecule has 2 aromatic heterocycles. The summed E-state index contributed by atoms with van der Waals surface area (Å²) in [5.41, 5.74) is 7.21. The molecule has 1 atom stereocenters. The molecule has 0 radical (unpaired) electrons. The number of anilines is 1. The number of furan rings is 1. The second-order valence-electron chi connectivity index (χ2n) is 8.10. The number of nitrogens with two attached hydrogens (primary N) is 1. The van der Waals surface area contributed by atoms with Crippen LogP contribution < -0.4 is 11.1 Å². The van der Waals surface area contributed by atoms with E-state index in [9.17, 15) is 9.59 Å². The van der Waals surface area contributed by atoms with Crippen LogP contribution in [0.25, 0.3) is 0 Å². The van der Waals surface area contributed by atoms with Gasteiger partial charge in [0.05, 0.1) is 24.9 Å². The van der Waals surface area contributed by atoms with Gasteiger partial charge in [-0.25, -0.2) is 0 Å². The van der Waals surface area contributed by atoms with Gasteiger partial charge in [-0.1, -0.05) is 6.92 Å². The van der Waals surface area contributed by atoms with Crippen LogP contribution in [-0.4, -0.2) is 54.3 Å². The zero-order valence-corrected chi connectivity index (χ0v) is 17.6. The van der Waals surface area contributed by atoms with Crippen molar-refractivity contribution < 1.29 is 14.0 Å². The lowest BCUT2D eigenvalue weighted by Gasteiger charge is -2.33. The van der Waals surface area contributed by atoms with Crippen molar-refractivity contribution in [2.45, 2.75) is 32.7 Å². The molecule has 2 aliphatic rings. The topological polar surface area (TPSA) is 91.8 Å². The van der Waals surface area contributed by atoms with E-state index in [1.165, 1.54) is 16.2 Å². The lowest BCUT2D eigenvalue weighted by molar-refractivity contribution is -0.117. The second kappa shape index (κ2) is 8.69. The summed E-state index contributed by atoms with van der Waals surface area (Å²) in [6, 6.07) is 3.89. The van der Waals surface area contributed by atoms with Crippen LogP contribution in [0, 0.1) is 5.92 Å². The maximum absolute atomic E-state index is 12.6. The van der Waals surface area contributed by atoms with Gasteiger partial charge in [0, 0.05) is 31.1 Å². The van der Waals surface area contributed by atoms with Gasteiger partial charge in [-0.05, 0) is 42.9 Å². The van der Waals surface area contributed by atoms with E-state index in [4.69, 9.17) is 10.2 Å². The fraction of sp³-hybridized carbons (Fsp3) is 0.524. The predicted octanol–water partition coefficient (Wildman–Crippen LogP) is 2.32. The van der Waals surface area contributed by atoms with E-state index in [2.05, 4.69) is 22.0 Å². The molecule has 1 fully saturated rings. The fourth-order valence-corrected chi connectivity index (χ4v) is 5.63. The highest BCUT2D eigenvalue weighted by Crippen LogP contribution is 2.39. The number of hydrogen-bond donors (Lipinski definition) is 2. The van der Waals surface area contributed by atoms with Crippen molar-refractivity contribution in [1.29, 1.82) is 0 Å². The van der Waals surface area contributed by atoms with Crippen molar-refractivity contribution in [3.8, 4) is 0 Å². The molecular weight excluding hydrogens is 388 g/mol. The molecule has 1 aliphatic heterocycles. The second-order valence-corrected chi connectivity index (χ2v) is 9.21. The average molecular weight is 417 g/mol. The van der Waals surface area contributed by atoms with E-state index in [1.807, 2.05) is 12.1 Å². The number of thiophene rings is 1. The van der Waals surface area contributed by atoms with Gasteiger partial charge in [0.2, 0.25) is 5.91 Å². The van der Waals surface area contributed by atoms with E-state index >= 15 is 0 Å². The number of hydrogen-bond acceptors (Lipinski definition) is 6. The zero-order valence-electron chi connectivity index (χ0n) is 16.8. The lowest BCUT2D eigenvalue weighted by Crippen LogP contribution is -2.48. The van der Waals surface area contributed by atoms with Gasteiger partial charge < -0.3 is 15.5 Å². The Hall–Kier alpha value is -2.16. The van der Waals surface area contributed by atoms with E-state index < -0.39 is 5.91 Å². The number of nitrogens with zero attached hydrogens (tertiary/aromatic N) is 2. The maximum atomic E-state index is 12.6. The normalized spacial score (nSPS) is 20.4. The van der Waals surface area contributed by atoms with Crippen LogP contribution >= 0.6 is 11.3 Å². The third-order valence-corrected chi connectivity index (χ3v) is 6.97. The first kappa shape index (κ1) is 20.1. The van der Waals surface area contributed by atoms with Crippen LogP contribution in [0.3, 0.4) is 0 Å². The summed E-state index contributed by atoms with van der Waals surface area (Å²) in [6.07, 6.45) is 4.56. The van der Waals surface area contributed by atoms with Crippen LogP contribution in [0.4, 0.5) is 5.00 Å². The Balaban J connectivity index is 1.33. The lowest BCUT2D eigenvalue weighted by atomic mass is 9.88. The molecule has 2 aromatic rings. The average Bonchev–Trinajstić information content (AvgIpc) is 3.30. The number of piperazine rings is 1. The molecule has 2 amide bonds. The van der Waals surface area contributed by atoms with E-state index in [0.717, 1.165) is 63.3 Å². The number of primary amides is 1. The van der Waals surface area contributed by atoms with Crippen molar-refractivity contribution in [3.05, 3.63) is 40.2 Å². The Morgan fingerprint density at radius 1 is 1.28 bits per heavy atom. The van der Waals surface area contributed by atoms with Gasteiger partial charge in [0.15, 0.2) is 0 Å². The third-order valence-electron chi connectivity index (χ3n) is 5.80. The quantitative estimate of drug-likeness (QED) is 0.754. The molecule has 7 nitrogen and oxygen atoms in total. The molecule has 3 N–H and O–H groups in total. The highest BCUT2D eigenvalue weighted by molar-refractivity contribution is 7.17. The minimum absolute atomic E-state index is 0.0846. The number of carbonyl (C=O) groups is 2. The number of rotatable bonds is 6. The molecule has 0 saturated carbocycles. The van der Waals surface area contributed by atoms with Crippen LogP contribution in [0.5, 0.6) is 0 Å². The minimum Gasteiger partial charge on any atom is -0.468 e. The van der Waals surface area contributed by atoms with Crippen LogP contribution in [0.1, 0.15) is 39.9 Å². The van der Waals surface area contributed by atoms with E-state index in [-0.39, 0.29) is 5.91 Å². The molecule has 8 heteroatoms. The fourth-order valence-electron chi connectivity index (χ4n) is 4.20. The van der Waals surface area contributed by atoms with Gasteiger partial charge in [0.25, 0.3) is 5.91 Å². The predicted molar refractivity (Wildman–Crippen MR) is 113 cm³/mol. The minimum atomic E-state index is -0.445. The van der Waals surface area contributed by atoms with Gasteiger partial charge >= 0.3 is 0 Å². The first-order valence-corrected chi connectivity index (χ1v) is 11.0. The summed E-state index contributed by atoms with van der Waals surface area (Å²) in [5, 5.41) is 3.59. The van der Waals surface area contributed by atoms with Gasteiger partial charge in [-0.2, -0.15) is 0 Å². The Kier molecular flexibility index (Phi) is 6.03. The Labute approximate surface area is 174 Å². The van der Waals surface area contributed by atoms with Crippen LogP contribution in [0.2, 0.25) is 0 Å². The molecule has 1 saturated heterocycles. The van der Waals surface area contributed by atoms with E-state index in [0.29, 0.717) is 23.0 Å². The molecule has 0 aromatic carbocycles. The summed E-state index contributed by atoms with van der Waals surface area (Å²) in [7, 11) is 0. The number of fused-ring (bicyclic) bond motifs is 1. The molecule has 0 bridgehead atoms. The SMILES string of the molecule is C[C@@H]1CCc2c(sc(NC(=O)CN3CCN(Cc4ccco4)CC3)c2C(N)=O)C1. The monoisotopic (exact) mass is 416 g/mol. The van der Waals surface area contributed by atoms with Crippen molar-refractivity contribution in [2.75, 3.05) is 38.0 Å². The molecule has 156 valence electrons. The number of nitrogens with one attached hydrogen (secondary N) is 1. The Morgan fingerprint density at radius 2 is 2.03 bits per heavy atom.